The van der Waals surface area contributed by atoms with Gasteiger partial charge in [-0.25, -0.2) is 15.0 Å². The fraction of sp³-hybridized carbons (Fsp3) is 0. The molecule has 0 saturated heterocycles. The number of benzene rings is 7. The first-order valence-corrected chi connectivity index (χ1v) is 16.8. The van der Waals surface area contributed by atoms with E-state index in [1.54, 1.807) is 0 Å². The molecule has 50 heavy (non-hydrogen) atoms. The van der Waals surface area contributed by atoms with E-state index >= 15 is 0 Å². The van der Waals surface area contributed by atoms with Gasteiger partial charge in [0.15, 0.2) is 17.5 Å². The molecule has 234 valence electrons. The van der Waals surface area contributed by atoms with Crippen LogP contribution in [-0.4, -0.2) is 24.1 Å². The van der Waals surface area contributed by atoms with Gasteiger partial charge in [0.1, 0.15) is 0 Å². The summed E-state index contributed by atoms with van der Waals surface area (Å²) in [6.07, 6.45) is 0. The first kappa shape index (κ1) is 28.2. The highest BCUT2D eigenvalue weighted by Crippen LogP contribution is 2.37. The molecule has 0 spiro atoms. The van der Waals surface area contributed by atoms with Gasteiger partial charge in [-0.1, -0.05) is 121 Å². The van der Waals surface area contributed by atoms with E-state index in [0.29, 0.717) is 17.5 Å². The first-order chi connectivity index (χ1) is 24.8. The van der Waals surface area contributed by atoms with Crippen molar-refractivity contribution in [3.8, 4) is 45.5 Å². The Hall–Kier alpha value is -6.85. The van der Waals surface area contributed by atoms with Crippen LogP contribution in [0.3, 0.4) is 0 Å². The Morgan fingerprint density at radius 3 is 1.12 bits per heavy atom. The molecular weight excluding hydrogens is 611 g/mol. The molecule has 0 bridgehead atoms. The molecule has 3 heterocycles. The zero-order valence-corrected chi connectivity index (χ0v) is 27.0. The van der Waals surface area contributed by atoms with E-state index in [0.717, 1.165) is 39.1 Å². The third-order valence-corrected chi connectivity index (χ3v) is 9.58. The highest BCUT2D eigenvalue weighted by molar-refractivity contribution is 6.12. The van der Waals surface area contributed by atoms with E-state index < -0.39 is 0 Å². The van der Waals surface area contributed by atoms with Gasteiger partial charge in [-0.2, -0.15) is 0 Å². The predicted octanol–water partition coefficient (Wildman–Crippen LogP) is 11.1. The van der Waals surface area contributed by atoms with Gasteiger partial charge < -0.3 is 9.13 Å². The van der Waals surface area contributed by atoms with Crippen LogP contribution in [0.15, 0.2) is 176 Å². The van der Waals surface area contributed by atoms with Crippen molar-refractivity contribution in [1.82, 2.24) is 24.1 Å². The lowest BCUT2D eigenvalue weighted by molar-refractivity contribution is 1.07. The largest absolute Gasteiger partial charge is 0.309 e. The minimum absolute atomic E-state index is 0.639. The van der Waals surface area contributed by atoms with Crippen molar-refractivity contribution in [3.63, 3.8) is 0 Å². The second-order valence-corrected chi connectivity index (χ2v) is 12.5. The van der Waals surface area contributed by atoms with Crippen molar-refractivity contribution >= 4 is 43.6 Å². The summed E-state index contributed by atoms with van der Waals surface area (Å²) in [6.45, 7) is 0. The Bertz CT molecular complexity index is 2740. The molecule has 5 heteroatoms. The van der Waals surface area contributed by atoms with Gasteiger partial charge in [0.05, 0.1) is 22.1 Å². The van der Waals surface area contributed by atoms with Gasteiger partial charge in [-0.15, -0.1) is 0 Å². The van der Waals surface area contributed by atoms with Gasteiger partial charge in [0.25, 0.3) is 0 Å². The summed E-state index contributed by atoms with van der Waals surface area (Å²) in [7, 11) is 0. The molecule has 0 unspecified atom stereocenters. The van der Waals surface area contributed by atoms with Crippen LogP contribution in [0.1, 0.15) is 0 Å². The van der Waals surface area contributed by atoms with Gasteiger partial charge in [-0.05, 0) is 54.6 Å². The number of nitrogens with zero attached hydrogens (tertiary/aromatic N) is 5. The molecule has 0 fully saturated rings. The molecule has 10 rings (SSSR count). The molecule has 0 aliphatic carbocycles. The van der Waals surface area contributed by atoms with E-state index in [2.05, 4.69) is 124 Å². The Morgan fingerprint density at radius 2 is 0.640 bits per heavy atom. The highest BCUT2D eigenvalue weighted by Gasteiger charge is 2.17. The smallest absolute Gasteiger partial charge is 0.164 e. The minimum atomic E-state index is 0.639. The number of fused-ring (bicyclic) bond motifs is 6. The van der Waals surface area contributed by atoms with Crippen molar-refractivity contribution in [2.24, 2.45) is 0 Å². The molecule has 0 saturated carbocycles. The molecule has 0 N–H and O–H groups in total. The Balaban J connectivity index is 1.14. The summed E-state index contributed by atoms with van der Waals surface area (Å²) in [4.78, 5) is 14.8. The zero-order valence-electron chi connectivity index (χ0n) is 27.0. The second-order valence-electron chi connectivity index (χ2n) is 12.5. The maximum atomic E-state index is 4.95. The van der Waals surface area contributed by atoms with Gasteiger partial charge in [0.2, 0.25) is 0 Å². The predicted molar refractivity (Wildman–Crippen MR) is 205 cm³/mol. The fourth-order valence-corrected chi connectivity index (χ4v) is 7.27. The SMILES string of the molecule is c1ccc(-c2nc(-c3ccccc3)nc(-c3ccc(-n4c5ccccc5c5ccc(-n6c7ccccc7c7ccccc76)cc54)cc3)n2)cc1. The van der Waals surface area contributed by atoms with Crippen molar-refractivity contribution in [3.05, 3.63) is 176 Å². The van der Waals surface area contributed by atoms with Crippen molar-refractivity contribution in [2.75, 3.05) is 0 Å². The van der Waals surface area contributed by atoms with Crippen LogP contribution < -0.4 is 0 Å². The number of para-hydroxylation sites is 3. The molecule has 3 aromatic heterocycles. The molecule has 0 radical (unpaired) electrons. The third kappa shape index (κ3) is 4.52. The monoisotopic (exact) mass is 639 g/mol. The van der Waals surface area contributed by atoms with Crippen LogP contribution in [0.25, 0.3) is 89.2 Å². The molecular formula is C45H29N5. The van der Waals surface area contributed by atoms with E-state index in [1.807, 2.05) is 60.7 Å². The van der Waals surface area contributed by atoms with Crippen LogP contribution in [0.4, 0.5) is 0 Å². The number of rotatable bonds is 5. The van der Waals surface area contributed by atoms with Gasteiger partial charge in [-0.3, -0.25) is 0 Å². The van der Waals surface area contributed by atoms with Gasteiger partial charge in [0, 0.05) is 49.6 Å². The second kappa shape index (κ2) is 11.4. The van der Waals surface area contributed by atoms with Crippen LogP contribution in [0, 0.1) is 0 Å². The van der Waals surface area contributed by atoms with E-state index in [9.17, 15) is 0 Å². The van der Waals surface area contributed by atoms with Crippen molar-refractivity contribution < 1.29 is 0 Å². The first-order valence-electron chi connectivity index (χ1n) is 16.8. The lowest BCUT2D eigenvalue weighted by Gasteiger charge is -2.12. The summed E-state index contributed by atoms with van der Waals surface area (Å²) >= 11 is 0. The average Bonchev–Trinajstić information content (AvgIpc) is 3.71. The van der Waals surface area contributed by atoms with Gasteiger partial charge >= 0.3 is 0 Å². The molecule has 0 aliphatic heterocycles. The fourth-order valence-electron chi connectivity index (χ4n) is 7.27. The van der Waals surface area contributed by atoms with Crippen LogP contribution in [0.2, 0.25) is 0 Å². The summed E-state index contributed by atoms with van der Waals surface area (Å²) in [6, 6.07) is 61.5. The van der Waals surface area contributed by atoms with Crippen LogP contribution in [0.5, 0.6) is 0 Å². The maximum Gasteiger partial charge on any atom is 0.164 e. The highest BCUT2D eigenvalue weighted by atomic mass is 15.0. The molecule has 0 atom stereocenters. The summed E-state index contributed by atoms with van der Waals surface area (Å²) in [5, 5.41) is 4.94. The van der Waals surface area contributed by atoms with E-state index in [-0.39, 0.29) is 0 Å². The van der Waals surface area contributed by atoms with Crippen molar-refractivity contribution in [1.29, 1.82) is 0 Å². The molecule has 0 aliphatic rings. The number of hydrogen-bond donors (Lipinski definition) is 0. The molecule has 10 aromatic rings. The van der Waals surface area contributed by atoms with E-state index in [1.165, 1.54) is 32.6 Å². The lowest BCUT2D eigenvalue weighted by atomic mass is 10.1. The Morgan fingerprint density at radius 1 is 0.280 bits per heavy atom. The maximum absolute atomic E-state index is 4.95. The number of aromatic nitrogens is 5. The van der Waals surface area contributed by atoms with Crippen LogP contribution in [-0.2, 0) is 0 Å². The summed E-state index contributed by atoms with van der Waals surface area (Å²) in [5.41, 5.74) is 9.73. The van der Waals surface area contributed by atoms with Crippen LogP contribution >= 0.6 is 0 Å². The van der Waals surface area contributed by atoms with E-state index in [4.69, 9.17) is 15.0 Å². The minimum Gasteiger partial charge on any atom is -0.309 e. The molecule has 5 nitrogen and oxygen atoms in total. The third-order valence-electron chi connectivity index (χ3n) is 9.58. The topological polar surface area (TPSA) is 48.5 Å². The molecule has 7 aromatic carbocycles. The standard InChI is InChI=1S/C45H29N5/c1-3-13-30(14-4-1)43-46-44(31-15-5-2-6-16-31)48-45(47-43)32-23-25-33(26-24-32)49-39-20-10-9-19-37(39)38-28-27-34(29-42(38)49)50-40-21-11-7-17-35(40)36-18-8-12-22-41(36)50/h1-29H. The zero-order chi connectivity index (χ0) is 33.0. The normalized spacial score (nSPS) is 11.6. The quantitative estimate of drug-likeness (QED) is 0.188. The molecule has 0 amide bonds. The number of hydrogen-bond acceptors (Lipinski definition) is 3. The summed E-state index contributed by atoms with van der Waals surface area (Å²) < 4.78 is 4.74. The Labute approximate surface area is 288 Å². The lowest BCUT2D eigenvalue weighted by Crippen LogP contribution is -2.00. The van der Waals surface area contributed by atoms with Crippen molar-refractivity contribution in [2.45, 2.75) is 0 Å². The summed E-state index contributed by atoms with van der Waals surface area (Å²) in [5.74, 6) is 1.94. The Kier molecular flexibility index (Phi) is 6.42. The average molecular weight is 640 g/mol.